The lowest BCUT2D eigenvalue weighted by Crippen LogP contribution is -2.53. The van der Waals surface area contributed by atoms with Crippen molar-refractivity contribution in [1.29, 1.82) is 0 Å². The van der Waals surface area contributed by atoms with E-state index in [9.17, 15) is 18.8 Å². The fourth-order valence-electron chi connectivity index (χ4n) is 2.13. The third-order valence-electron chi connectivity index (χ3n) is 3.29. The lowest BCUT2D eigenvalue weighted by atomic mass is 10.1. The molecule has 1 aliphatic rings. The highest BCUT2D eigenvalue weighted by Crippen LogP contribution is 2.17. The number of hydrogen-bond donors (Lipinski definition) is 1. The van der Waals surface area contributed by atoms with Gasteiger partial charge in [-0.25, -0.2) is 9.18 Å². The van der Waals surface area contributed by atoms with Crippen molar-refractivity contribution >= 4 is 23.9 Å². The van der Waals surface area contributed by atoms with Crippen LogP contribution in [-0.2, 0) is 16.1 Å². The summed E-state index contributed by atoms with van der Waals surface area (Å²) in [5.41, 5.74) is 0.916. The second kappa shape index (κ2) is 5.88. The van der Waals surface area contributed by atoms with Crippen LogP contribution >= 0.6 is 0 Å². The van der Waals surface area contributed by atoms with Gasteiger partial charge >= 0.3 is 6.03 Å². The summed E-state index contributed by atoms with van der Waals surface area (Å²) in [6.45, 7) is -0.0685. The third-order valence-corrected chi connectivity index (χ3v) is 3.29. The van der Waals surface area contributed by atoms with Crippen molar-refractivity contribution in [2.75, 3.05) is 0 Å². The molecule has 1 fully saturated rings. The first-order valence-electron chi connectivity index (χ1n) is 6.70. The van der Waals surface area contributed by atoms with Crippen molar-refractivity contribution < 1.29 is 23.2 Å². The highest BCUT2D eigenvalue weighted by Gasteiger charge is 2.35. The van der Waals surface area contributed by atoms with Gasteiger partial charge in [-0.15, -0.1) is 0 Å². The van der Waals surface area contributed by atoms with Crippen molar-refractivity contribution in [1.82, 2.24) is 10.2 Å². The first kappa shape index (κ1) is 14.7. The number of halogens is 1. The van der Waals surface area contributed by atoms with Gasteiger partial charge in [-0.1, -0.05) is 12.1 Å². The SMILES string of the molecule is O=C1NC(=O)N(Cc2ccc(F)cc2)C(=O)/C1=C\c1ccoc1. The van der Waals surface area contributed by atoms with Gasteiger partial charge in [0.15, 0.2) is 0 Å². The van der Waals surface area contributed by atoms with Crippen LogP contribution in [0.3, 0.4) is 0 Å². The van der Waals surface area contributed by atoms with E-state index in [4.69, 9.17) is 4.42 Å². The first-order chi connectivity index (χ1) is 11.0. The highest BCUT2D eigenvalue weighted by molar-refractivity contribution is 6.30. The zero-order valence-corrected chi connectivity index (χ0v) is 11.8. The molecule has 0 unspecified atom stereocenters. The molecule has 0 bridgehead atoms. The average molecular weight is 314 g/mol. The number of nitrogens with zero attached hydrogens (tertiary/aromatic N) is 1. The Morgan fingerprint density at radius 2 is 1.87 bits per heavy atom. The molecule has 1 aromatic heterocycles. The molecule has 116 valence electrons. The minimum absolute atomic E-state index is 0.0685. The number of carbonyl (C=O) groups excluding carboxylic acids is 3. The van der Waals surface area contributed by atoms with Crippen LogP contribution in [-0.4, -0.2) is 22.7 Å². The average Bonchev–Trinajstić information content (AvgIpc) is 3.03. The van der Waals surface area contributed by atoms with Gasteiger partial charge in [0.05, 0.1) is 19.1 Å². The minimum Gasteiger partial charge on any atom is -0.472 e. The summed E-state index contributed by atoms with van der Waals surface area (Å²) in [7, 11) is 0. The zero-order valence-electron chi connectivity index (χ0n) is 11.8. The summed E-state index contributed by atoms with van der Waals surface area (Å²) >= 11 is 0. The number of furan rings is 1. The van der Waals surface area contributed by atoms with Gasteiger partial charge in [0.25, 0.3) is 11.8 Å². The van der Waals surface area contributed by atoms with Crippen LogP contribution in [0.4, 0.5) is 9.18 Å². The quantitative estimate of drug-likeness (QED) is 0.695. The van der Waals surface area contributed by atoms with Crippen LogP contribution < -0.4 is 5.32 Å². The molecule has 3 rings (SSSR count). The van der Waals surface area contributed by atoms with Crippen LogP contribution in [0.25, 0.3) is 6.08 Å². The van der Waals surface area contributed by atoms with Gasteiger partial charge in [0, 0.05) is 5.56 Å². The van der Waals surface area contributed by atoms with Crippen molar-refractivity contribution in [3.63, 3.8) is 0 Å². The molecule has 6 nitrogen and oxygen atoms in total. The molecule has 1 N–H and O–H groups in total. The molecular formula is C16H11FN2O4. The molecule has 4 amide bonds. The molecular weight excluding hydrogens is 303 g/mol. The van der Waals surface area contributed by atoms with Crippen LogP contribution in [0.15, 0.2) is 52.8 Å². The van der Waals surface area contributed by atoms with E-state index in [1.54, 1.807) is 6.07 Å². The summed E-state index contributed by atoms with van der Waals surface area (Å²) in [6.07, 6.45) is 4.11. The number of urea groups is 1. The Hall–Kier alpha value is -3.22. The van der Waals surface area contributed by atoms with Crippen LogP contribution in [0, 0.1) is 5.82 Å². The summed E-state index contributed by atoms with van der Waals surface area (Å²) in [5.74, 6) is -1.90. The van der Waals surface area contributed by atoms with Gasteiger partial charge in [0.1, 0.15) is 11.4 Å². The predicted molar refractivity (Wildman–Crippen MR) is 77.2 cm³/mol. The second-order valence-corrected chi connectivity index (χ2v) is 4.89. The molecule has 0 atom stereocenters. The zero-order chi connectivity index (χ0) is 16.4. The number of imide groups is 2. The van der Waals surface area contributed by atoms with E-state index in [0.717, 1.165) is 4.90 Å². The van der Waals surface area contributed by atoms with E-state index in [0.29, 0.717) is 11.1 Å². The number of nitrogens with one attached hydrogen (secondary N) is 1. The molecule has 0 aliphatic carbocycles. The minimum atomic E-state index is -0.811. The van der Waals surface area contributed by atoms with Crippen molar-refractivity contribution in [3.8, 4) is 0 Å². The van der Waals surface area contributed by atoms with Crippen LogP contribution in [0.2, 0.25) is 0 Å². The molecule has 1 aliphatic heterocycles. The lowest BCUT2D eigenvalue weighted by Gasteiger charge is -2.26. The standard InChI is InChI=1S/C16H11FN2O4/c17-12-3-1-10(2-4-12)8-19-15(21)13(14(20)18-16(19)22)7-11-5-6-23-9-11/h1-7,9H,8H2,(H,18,20,22)/b13-7-. The van der Waals surface area contributed by atoms with Gasteiger partial charge in [-0.3, -0.25) is 19.8 Å². The maximum atomic E-state index is 12.9. The first-order valence-corrected chi connectivity index (χ1v) is 6.70. The van der Waals surface area contributed by atoms with Gasteiger partial charge in [-0.05, 0) is 29.8 Å². The summed E-state index contributed by atoms with van der Waals surface area (Å²) < 4.78 is 17.8. The smallest absolute Gasteiger partial charge is 0.331 e. The largest absolute Gasteiger partial charge is 0.472 e. The maximum absolute atomic E-state index is 12.9. The molecule has 0 radical (unpaired) electrons. The second-order valence-electron chi connectivity index (χ2n) is 4.89. The molecule has 0 spiro atoms. The summed E-state index contributed by atoms with van der Waals surface area (Å²) in [4.78, 5) is 37.0. The van der Waals surface area contributed by atoms with Gasteiger partial charge < -0.3 is 4.42 Å². The van der Waals surface area contributed by atoms with E-state index in [2.05, 4.69) is 5.32 Å². The normalized spacial score (nSPS) is 16.8. The number of hydrogen-bond acceptors (Lipinski definition) is 4. The number of barbiturate groups is 1. The Bertz CT molecular complexity index is 794. The monoisotopic (exact) mass is 314 g/mol. The molecule has 23 heavy (non-hydrogen) atoms. The van der Waals surface area contributed by atoms with Crippen LogP contribution in [0.5, 0.6) is 0 Å². The Balaban J connectivity index is 1.88. The van der Waals surface area contributed by atoms with Crippen LogP contribution in [0.1, 0.15) is 11.1 Å². The van der Waals surface area contributed by atoms with Gasteiger partial charge in [-0.2, -0.15) is 0 Å². The Kier molecular flexibility index (Phi) is 3.76. The number of benzene rings is 1. The van der Waals surface area contributed by atoms with Crippen molar-refractivity contribution in [2.45, 2.75) is 6.54 Å². The van der Waals surface area contributed by atoms with Crippen molar-refractivity contribution in [3.05, 3.63) is 65.4 Å². The fourth-order valence-corrected chi connectivity index (χ4v) is 2.13. The number of rotatable bonds is 3. The number of carbonyl (C=O) groups is 3. The summed E-state index contributed by atoms with van der Waals surface area (Å²) in [5, 5.41) is 2.11. The Morgan fingerprint density at radius 3 is 2.52 bits per heavy atom. The Labute approximate surface area is 130 Å². The van der Waals surface area contributed by atoms with E-state index < -0.39 is 23.7 Å². The molecule has 1 saturated heterocycles. The topological polar surface area (TPSA) is 79.6 Å². The van der Waals surface area contributed by atoms with Crippen molar-refractivity contribution in [2.24, 2.45) is 0 Å². The van der Waals surface area contributed by atoms with E-state index in [1.807, 2.05) is 0 Å². The molecule has 2 heterocycles. The van der Waals surface area contributed by atoms with E-state index >= 15 is 0 Å². The number of amides is 4. The summed E-state index contributed by atoms with van der Waals surface area (Å²) in [6, 6.07) is 6.16. The van der Waals surface area contributed by atoms with Gasteiger partial charge in [0.2, 0.25) is 0 Å². The molecule has 7 heteroatoms. The molecule has 0 saturated carbocycles. The third kappa shape index (κ3) is 3.03. The highest BCUT2D eigenvalue weighted by atomic mass is 19.1. The maximum Gasteiger partial charge on any atom is 0.331 e. The van der Waals surface area contributed by atoms with E-state index in [-0.39, 0.29) is 12.1 Å². The van der Waals surface area contributed by atoms with E-state index in [1.165, 1.54) is 42.9 Å². The molecule has 1 aromatic carbocycles. The predicted octanol–water partition coefficient (Wildman–Crippen LogP) is 2.08. The Morgan fingerprint density at radius 1 is 1.13 bits per heavy atom. The lowest BCUT2D eigenvalue weighted by molar-refractivity contribution is -0.130. The molecule has 2 aromatic rings. The fraction of sp³-hybridized carbons (Fsp3) is 0.0625.